The Hall–Kier alpha value is -3.35. The van der Waals surface area contributed by atoms with Crippen molar-refractivity contribution in [2.45, 2.75) is 19.5 Å². The van der Waals surface area contributed by atoms with Crippen LogP contribution in [-0.2, 0) is 27.5 Å². The number of rotatable bonds is 7. The lowest BCUT2D eigenvalue weighted by molar-refractivity contribution is -0.138. The van der Waals surface area contributed by atoms with Gasteiger partial charge in [-0.2, -0.15) is 0 Å². The molecule has 2 aromatic heterocycles. The van der Waals surface area contributed by atoms with Crippen LogP contribution in [0, 0.1) is 0 Å². The summed E-state index contributed by atoms with van der Waals surface area (Å²) in [6.07, 6.45) is 5.83. The zero-order valence-corrected chi connectivity index (χ0v) is 14.1. The summed E-state index contributed by atoms with van der Waals surface area (Å²) in [6, 6.07) is 11.0. The lowest BCUT2D eigenvalue weighted by atomic mass is 10.2. The molecule has 0 saturated heterocycles. The first-order valence-electron chi connectivity index (χ1n) is 8.24. The normalized spacial score (nSPS) is 13.3. The summed E-state index contributed by atoms with van der Waals surface area (Å²) in [5, 5.41) is 0. The van der Waals surface area contributed by atoms with Gasteiger partial charge in [-0.15, -0.1) is 0 Å². The molecule has 3 amide bonds. The molecule has 0 atom stereocenters. The minimum atomic E-state index is -0.385. The number of hydrogen-bond acceptors (Lipinski definition) is 5. The lowest BCUT2D eigenvalue weighted by Crippen LogP contribution is -2.36. The smallest absolute Gasteiger partial charge is 0.253 e. The average molecular weight is 350 g/mol. The SMILES string of the molecule is O=C(CCN1C(=O)C=CC1=O)N(Cc1ccccn1)Cc1ccccn1. The zero-order chi connectivity index (χ0) is 18.4. The molecule has 0 N–H and O–H groups in total. The van der Waals surface area contributed by atoms with Crippen LogP contribution in [0.25, 0.3) is 0 Å². The molecule has 2 aromatic rings. The van der Waals surface area contributed by atoms with Gasteiger partial charge in [0.25, 0.3) is 11.8 Å². The molecule has 0 fully saturated rings. The largest absolute Gasteiger partial charge is 0.331 e. The van der Waals surface area contributed by atoms with Crippen LogP contribution in [0.1, 0.15) is 17.8 Å². The third kappa shape index (κ3) is 4.38. The molecule has 1 aliphatic heterocycles. The number of nitrogens with zero attached hydrogens (tertiary/aromatic N) is 4. The first-order chi connectivity index (χ1) is 12.6. The monoisotopic (exact) mass is 350 g/mol. The molecule has 1 aliphatic rings. The number of amides is 3. The van der Waals surface area contributed by atoms with Crippen molar-refractivity contribution in [2.24, 2.45) is 0 Å². The molecule has 0 radical (unpaired) electrons. The van der Waals surface area contributed by atoms with Gasteiger partial charge in [-0.1, -0.05) is 12.1 Å². The molecular formula is C19H18N4O3. The fourth-order valence-corrected chi connectivity index (χ4v) is 2.62. The van der Waals surface area contributed by atoms with E-state index in [2.05, 4.69) is 9.97 Å². The number of carbonyl (C=O) groups is 3. The molecule has 7 heteroatoms. The Morgan fingerprint density at radius 3 is 1.88 bits per heavy atom. The summed E-state index contributed by atoms with van der Waals surface area (Å²) in [5.74, 6) is -0.943. The Morgan fingerprint density at radius 2 is 1.42 bits per heavy atom. The van der Waals surface area contributed by atoms with Crippen molar-refractivity contribution in [3.05, 3.63) is 72.3 Å². The van der Waals surface area contributed by atoms with E-state index in [1.54, 1.807) is 17.3 Å². The van der Waals surface area contributed by atoms with Crippen LogP contribution in [0.2, 0.25) is 0 Å². The van der Waals surface area contributed by atoms with Gasteiger partial charge in [0, 0.05) is 37.5 Å². The fourth-order valence-electron chi connectivity index (χ4n) is 2.62. The second kappa shape index (κ2) is 8.15. The molecule has 0 aliphatic carbocycles. The maximum absolute atomic E-state index is 12.7. The van der Waals surface area contributed by atoms with E-state index in [4.69, 9.17) is 0 Å². The number of pyridine rings is 2. The summed E-state index contributed by atoms with van der Waals surface area (Å²) >= 11 is 0. The van der Waals surface area contributed by atoms with Crippen molar-refractivity contribution in [2.75, 3.05) is 6.54 Å². The van der Waals surface area contributed by atoms with E-state index in [1.165, 1.54) is 12.2 Å². The summed E-state index contributed by atoms with van der Waals surface area (Å²) in [7, 11) is 0. The maximum Gasteiger partial charge on any atom is 0.253 e. The van der Waals surface area contributed by atoms with E-state index in [9.17, 15) is 14.4 Å². The Balaban J connectivity index is 1.68. The van der Waals surface area contributed by atoms with Crippen molar-refractivity contribution in [1.82, 2.24) is 19.8 Å². The van der Waals surface area contributed by atoms with Crippen LogP contribution in [0.15, 0.2) is 60.9 Å². The van der Waals surface area contributed by atoms with Crippen LogP contribution < -0.4 is 0 Å². The summed E-state index contributed by atoms with van der Waals surface area (Å²) < 4.78 is 0. The Bertz CT molecular complexity index is 762. The van der Waals surface area contributed by atoms with Crippen molar-refractivity contribution >= 4 is 17.7 Å². The maximum atomic E-state index is 12.7. The summed E-state index contributed by atoms with van der Waals surface area (Å²) in [4.78, 5) is 47.2. The lowest BCUT2D eigenvalue weighted by Gasteiger charge is -2.23. The summed E-state index contributed by atoms with van der Waals surface area (Å²) in [6.45, 7) is 0.719. The quantitative estimate of drug-likeness (QED) is 0.703. The number of carbonyl (C=O) groups excluding carboxylic acids is 3. The first-order valence-corrected chi connectivity index (χ1v) is 8.24. The van der Waals surface area contributed by atoms with Gasteiger partial charge in [0.1, 0.15) is 0 Å². The number of imide groups is 1. The van der Waals surface area contributed by atoms with E-state index in [-0.39, 0.29) is 30.7 Å². The van der Waals surface area contributed by atoms with Gasteiger partial charge in [0.2, 0.25) is 5.91 Å². The highest BCUT2D eigenvalue weighted by molar-refractivity contribution is 6.13. The molecular weight excluding hydrogens is 332 g/mol. The van der Waals surface area contributed by atoms with Crippen LogP contribution in [0.4, 0.5) is 0 Å². The predicted molar refractivity (Wildman–Crippen MR) is 93.2 cm³/mol. The number of hydrogen-bond donors (Lipinski definition) is 0. The first kappa shape index (κ1) is 17.5. The van der Waals surface area contributed by atoms with Crippen molar-refractivity contribution < 1.29 is 14.4 Å². The Labute approximate surface area is 151 Å². The molecule has 0 saturated carbocycles. The third-order valence-corrected chi connectivity index (χ3v) is 3.96. The van der Waals surface area contributed by atoms with Crippen LogP contribution in [0.5, 0.6) is 0 Å². The van der Waals surface area contributed by atoms with E-state index >= 15 is 0 Å². The van der Waals surface area contributed by atoms with Gasteiger partial charge in [-0.3, -0.25) is 29.3 Å². The molecule has 132 valence electrons. The average Bonchev–Trinajstić information content (AvgIpc) is 2.99. The fraction of sp³-hybridized carbons (Fsp3) is 0.211. The minimum absolute atomic E-state index is 0.0544. The number of aromatic nitrogens is 2. The van der Waals surface area contributed by atoms with Gasteiger partial charge in [-0.05, 0) is 24.3 Å². The molecule has 0 spiro atoms. The van der Waals surface area contributed by atoms with Gasteiger partial charge in [0.15, 0.2) is 0 Å². The molecule has 7 nitrogen and oxygen atoms in total. The van der Waals surface area contributed by atoms with Gasteiger partial charge in [0.05, 0.1) is 24.5 Å². The van der Waals surface area contributed by atoms with Gasteiger partial charge < -0.3 is 4.90 Å². The summed E-state index contributed by atoms with van der Waals surface area (Å²) in [5.41, 5.74) is 1.51. The molecule has 26 heavy (non-hydrogen) atoms. The van der Waals surface area contributed by atoms with E-state index in [0.29, 0.717) is 13.1 Å². The highest BCUT2D eigenvalue weighted by atomic mass is 16.2. The molecule has 3 rings (SSSR count). The molecule has 3 heterocycles. The predicted octanol–water partition coefficient (Wildman–Crippen LogP) is 1.32. The van der Waals surface area contributed by atoms with Crippen molar-refractivity contribution in [1.29, 1.82) is 0 Å². The topological polar surface area (TPSA) is 83.5 Å². The second-order valence-corrected chi connectivity index (χ2v) is 5.80. The third-order valence-electron chi connectivity index (χ3n) is 3.96. The Kier molecular flexibility index (Phi) is 5.48. The molecule has 0 aromatic carbocycles. The zero-order valence-electron chi connectivity index (χ0n) is 14.1. The van der Waals surface area contributed by atoms with Crippen LogP contribution in [0.3, 0.4) is 0 Å². The highest BCUT2D eigenvalue weighted by Gasteiger charge is 2.25. The van der Waals surface area contributed by atoms with Gasteiger partial charge >= 0.3 is 0 Å². The van der Waals surface area contributed by atoms with Crippen molar-refractivity contribution in [3.63, 3.8) is 0 Å². The van der Waals surface area contributed by atoms with E-state index in [0.717, 1.165) is 16.3 Å². The molecule has 0 bridgehead atoms. The standard InChI is InChI=1S/C19H18N4O3/c24-17(9-12-23-18(25)7-8-19(23)26)22(13-15-5-1-3-10-20-15)14-16-6-2-4-11-21-16/h1-8,10-11H,9,12-14H2. The highest BCUT2D eigenvalue weighted by Crippen LogP contribution is 2.11. The molecule has 0 unspecified atom stereocenters. The van der Waals surface area contributed by atoms with E-state index in [1.807, 2.05) is 36.4 Å². The van der Waals surface area contributed by atoms with Crippen molar-refractivity contribution in [3.8, 4) is 0 Å². The van der Waals surface area contributed by atoms with Crippen LogP contribution in [-0.4, -0.2) is 44.0 Å². The van der Waals surface area contributed by atoms with Crippen LogP contribution >= 0.6 is 0 Å². The Morgan fingerprint density at radius 1 is 0.885 bits per heavy atom. The van der Waals surface area contributed by atoms with Gasteiger partial charge in [-0.25, -0.2) is 0 Å². The minimum Gasteiger partial charge on any atom is -0.331 e. The van der Waals surface area contributed by atoms with E-state index < -0.39 is 0 Å². The second-order valence-electron chi connectivity index (χ2n) is 5.80.